The number of carbonyl (C=O) groups is 2. The fourth-order valence-corrected chi connectivity index (χ4v) is 3.70. The highest BCUT2D eigenvalue weighted by Gasteiger charge is 2.18. The maximum atomic E-state index is 12.6. The van der Waals surface area contributed by atoms with Gasteiger partial charge in [0.15, 0.2) is 0 Å². The third-order valence-corrected chi connectivity index (χ3v) is 6.15. The summed E-state index contributed by atoms with van der Waals surface area (Å²) in [6, 6.07) is 13.0. The molecule has 0 spiro atoms. The van der Waals surface area contributed by atoms with E-state index < -0.39 is 16.0 Å². The van der Waals surface area contributed by atoms with Crippen molar-refractivity contribution in [3.63, 3.8) is 0 Å². The summed E-state index contributed by atoms with van der Waals surface area (Å²) in [5, 5.41) is 2.73. The number of hydrogen-bond acceptors (Lipinski definition) is 6. The van der Waals surface area contributed by atoms with Gasteiger partial charge in [-0.15, -0.1) is 0 Å². The highest BCUT2D eigenvalue weighted by molar-refractivity contribution is 7.89. The predicted molar refractivity (Wildman–Crippen MR) is 116 cm³/mol. The molecule has 30 heavy (non-hydrogen) atoms. The largest absolute Gasteiger partial charge is 0.462 e. The Bertz CT molecular complexity index is 1010. The number of esters is 1. The van der Waals surface area contributed by atoms with E-state index in [-0.39, 0.29) is 24.0 Å². The number of anilines is 2. The maximum absolute atomic E-state index is 12.6. The molecule has 0 heterocycles. The summed E-state index contributed by atoms with van der Waals surface area (Å²) in [5.74, 6) is -0.725. The molecule has 2 rings (SSSR count). The Morgan fingerprint density at radius 3 is 2.37 bits per heavy atom. The van der Waals surface area contributed by atoms with Gasteiger partial charge in [-0.2, -0.15) is 0 Å². The van der Waals surface area contributed by atoms with Crippen LogP contribution in [-0.4, -0.2) is 58.4 Å². The highest BCUT2D eigenvalue weighted by Crippen LogP contribution is 2.19. The number of rotatable bonds is 9. The van der Waals surface area contributed by atoms with Crippen LogP contribution in [0, 0.1) is 0 Å². The lowest BCUT2D eigenvalue weighted by atomic mass is 10.2. The van der Waals surface area contributed by atoms with Crippen LogP contribution in [0.4, 0.5) is 11.4 Å². The van der Waals surface area contributed by atoms with E-state index in [0.717, 1.165) is 4.31 Å². The Labute approximate surface area is 177 Å². The van der Waals surface area contributed by atoms with E-state index in [1.54, 1.807) is 42.2 Å². The molecule has 8 nitrogen and oxygen atoms in total. The van der Waals surface area contributed by atoms with E-state index in [2.05, 4.69) is 5.32 Å². The lowest BCUT2D eigenvalue weighted by molar-refractivity contribution is -0.115. The number of benzene rings is 2. The Morgan fingerprint density at radius 1 is 1.03 bits per heavy atom. The zero-order chi connectivity index (χ0) is 22.3. The maximum Gasteiger partial charge on any atom is 0.338 e. The van der Waals surface area contributed by atoms with E-state index in [1.807, 2.05) is 13.0 Å². The summed E-state index contributed by atoms with van der Waals surface area (Å²) < 4.78 is 30.7. The van der Waals surface area contributed by atoms with Crippen LogP contribution in [0.2, 0.25) is 0 Å². The van der Waals surface area contributed by atoms with Gasteiger partial charge in [-0.05, 0) is 50.2 Å². The van der Waals surface area contributed by atoms with Crippen molar-refractivity contribution in [2.24, 2.45) is 0 Å². The number of likely N-dealkylation sites (N-methyl/N-ethyl adjacent to an activating group) is 1. The van der Waals surface area contributed by atoms with Gasteiger partial charge in [-0.25, -0.2) is 17.5 Å². The van der Waals surface area contributed by atoms with Crippen LogP contribution < -0.4 is 10.2 Å². The molecule has 2 aromatic carbocycles. The lowest BCUT2D eigenvalue weighted by Gasteiger charge is -2.23. The Kier molecular flexibility index (Phi) is 7.96. The number of ether oxygens (including phenoxy) is 1. The Balaban J connectivity index is 2.14. The second kappa shape index (κ2) is 10.2. The molecule has 2 aromatic rings. The molecule has 0 aliphatic rings. The quantitative estimate of drug-likeness (QED) is 0.611. The van der Waals surface area contributed by atoms with Crippen LogP contribution in [0.25, 0.3) is 0 Å². The molecule has 1 amide bonds. The van der Waals surface area contributed by atoms with Crippen LogP contribution in [0.1, 0.15) is 24.2 Å². The van der Waals surface area contributed by atoms with Crippen molar-refractivity contribution in [2.75, 3.05) is 44.0 Å². The van der Waals surface area contributed by atoms with Crippen LogP contribution in [0.5, 0.6) is 0 Å². The average Bonchev–Trinajstić information content (AvgIpc) is 2.72. The van der Waals surface area contributed by atoms with E-state index in [1.165, 1.54) is 26.2 Å². The van der Waals surface area contributed by atoms with Crippen LogP contribution >= 0.6 is 0 Å². The standard InChI is InChI=1S/C21H27N3O5S/c1-5-24(18-11-7-9-16(13-18)21(26)29-6-2)15-20(25)22-17-10-8-12-19(14-17)30(27,28)23(3)4/h7-14H,5-6,15H2,1-4H3,(H,22,25). The summed E-state index contributed by atoms with van der Waals surface area (Å²) in [4.78, 5) is 26.4. The molecule has 0 saturated heterocycles. The van der Waals surface area contributed by atoms with E-state index in [0.29, 0.717) is 23.5 Å². The summed E-state index contributed by atoms with van der Waals surface area (Å²) in [6.07, 6.45) is 0. The third-order valence-electron chi connectivity index (χ3n) is 4.33. The van der Waals surface area contributed by atoms with Gasteiger partial charge in [0.05, 0.1) is 23.6 Å². The molecule has 9 heteroatoms. The first kappa shape index (κ1) is 23.4. The first-order valence-electron chi connectivity index (χ1n) is 9.53. The fourth-order valence-electron chi connectivity index (χ4n) is 2.75. The molecule has 0 atom stereocenters. The third kappa shape index (κ3) is 5.80. The monoisotopic (exact) mass is 433 g/mol. The van der Waals surface area contributed by atoms with Crippen molar-refractivity contribution in [1.82, 2.24) is 4.31 Å². The van der Waals surface area contributed by atoms with Crippen molar-refractivity contribution < 1.29 is 22.7 Å². The summed E-state index contributed by atoms with van der Waals surface area (Å²) in [7, 11) is -0.699. The SMILES string of the molecule is CCOC(=O)c1cccc(N(CC)CC(=O)Nc2cccc(S(=O)(=O)N(C)C)c2)c1. The predicted octanol–water partition coefficient (Wildman–Crippen LogP) is 2.58. The normalized spacial score (nSPS) is 11.2. The number of hydrogen-bond donors (Lipinski definition) is 1. The Hall–Kier alpha value is -2.91. The molecule has 0 saturated carbocycles. The van der Waals surface area contributed by atoms with Gasteiger partial charge in [-0.3, -0.25) is 4.79 Å². The van der Waals surface area contributed by atoms with Gasteiger partial charge >= 0.3 is 5.97 Å². The van der Waals surface area contributed by atoms with E-state index >= 15 is 0 Å². The molecule has 162 valence electrons. The first-order valence-corrected chi connectivity index (χ1v) is 11.0. The molecular formula is C21H27N3O5S. The lowest BCUT2D eigenvalue weighted by Crippen LogP contribution is -2.33. The van der Waals surface area contributed by atoms with Gasteiger partial charge < -0.3 is 15.0 Å². The molecule has 0 fully saturated rings. The van der Waals surface area contributed by atoms with Gasteiger partial charge in [0, 0.05) is 32.0 Å². The van der Waals surface area contributed by atoms with Crippen LogP contribution in [0.15, 0.2) is 53.4 Å². The number of sulfonamides is 1. The molecule has 0 bridgehead atoms. The molecule has 0 radical (unpaired) electrons. The van der Waals surface area contributed by atoms with Crippen LogP contribution in [-0.2, 0) is 19.6 Å². The van der Waals surface area contributed by atoms with E-state index in [9.17, 15) is 18.0 Å². The molecule has 1 N–H and O–H groups in total. The first-order chi connectivity index (χ1) is 14.2. The van der Waals surface area contributed by atoms with Crippen molar-refractivity contribution in [3.8, 4) is 0 Å². The smallest absolute Gasteiger partial charge is 0.338 e. The molecule has 0 aromatic heterocycles. The van der Waals surface area contributed by atoms with Crippen molar-refractivity contribution >= 4 is 33.3 Å². The molecular weight excluding hydrogens is 406 g/mol. The summed E-state index contributed by atoms with van der Waals surface area (Å²) in [6.45, 7) is 4.49. The zero-order valence-corrected chi connectivity index (χ0v) is 18.4. The second-order valence-electron chi connectivity index (χ2n) is 6.65. The molecule has 0 aliphatic heterocycles. The number of amides is 1. The minimum absolute atomic E-state index is 0.0352. The number of nitrogens with zero attached hydrogens (tertiary/aromatic N) is 2. The topological polar surface area (TPSA) is 96.0 Å². The van der Waals surface area contributed by atoms with E-state index in [4.69, 9.17) is 4.74 Å². The molecule has 0 aliphatic carbocycles. The van der Waals surface area contributed by atoms with Gasteiger partial charge in [0.2, 0.25) is 15.9 Å². The number of nitrogens with one attached hydrogen (secondary N) is 1. The van der Waals surface area contributed by atoms with Gasteiger partial charge in [0.1, 0.15) is 0 Å². The minimum atomic E-state index is -3.60. The number of carbonyl (C=O) groups excluding carboxylic acids is 2. The Morgan fingerprint density at radius 2 is 1.73 bits per heavy atom. The summed E-state index contributed by atoms with van der Waals surface area (Å²) >= 11 is 0. The zero-order valence-electron chi connectivity index (χ0n) is 17.6. The molecule has 0 unspecified atom stereocenters. The van der Waals surface area contributed by atoms with Gasteiger partial charge in [0.25, 0.3) is 0 Å². The minimum Gasteiger partial charge on any atom is -0.462 e. The fraction of sp³-hybridized carbons (Fsp3) is 0.333. The summed E-state index contributed by atoms with van der Waals surface area (Å²) in [5.41, 5.74) is 1.51. The van der Waals surface area contributed by atoms with Crippen molar-refractivity contribution in [1.29, 1.82) is 0 Å². The second-order valence-corrected chi connectivity index (χ2v) is 8.80. The van der Waals surface area contributed by atoms with Crippen molar-refractivity contribution in [3.05, 3.63) is 54.1 Å². The van der Waals surface area contributed by atoms with Gasteiger partial charge in [-0.1, -0.05) is 12.1 Å². The average molecular weight is 434 g/mol. The highest BCUT2D eigenvalue weighted by atomic mass is 32.2. The van der Waals surface area contributed by atoms with Crippen LogP contribution in [0.3, 0.4) is 0 Å². The van der Waals surface area contributed by atoms with Crippen molar-refractivity contribution in [2.45, 2.75) is 18.7 Å².